The lowest BCUT2D eigenvalue weighted by molar-refractivity contribution is -0.141. The number of carbonyl (C=O) groups excluding carboxylic acids is 1. The van der Waals surface area contributed by atoms with Crippen LogP contribution in [0.5, 0.6) is 0 Å². The molecule has 5 heteroatoms. The maximum Gasteiger partial charge on any atom is 0.303 e. The number of carboxylic acid groups (broad SMARTS) is 1. The molecule has 5 nitrogen and oxygen atoms in total. The maximum atomic E-state index is 12.7. The number of hydrogen-bond donors (Lipinski definition) is 1. The van der Waals surface area contributed by atoms with Gasteiger partial charge in [-0.3, -0.25) is 9.59 Å². The van der Waals surface area contributed by atoms with Crippen LogP contribution in [0.3, 0.4) is 0 Å². The first-order valence-corrected chi connectivity index (χ1v) is 7.87. The van der Waals surface area contributed by atoms with Gasteiger partial charge in [-0.25, -0.2) is 0 Å². The van der Waals surface area contributed by atoms with Crippen LogP contribution in [0.2, 0.25) is 0 Å². The summed E-state index contributed by atoms with van der Waals surface area (Å²) in [5.74, 6) is -0.733. The van der Waals surface area contributed by atoms with Gasteiger partial charge in [0.1, 0.15) is 0 Å². The molecule has 1 rings (SSSR count). The van der Waals surface area contributed by atoms with E-state index in [0.717, 1.165) is 25.9 Å². The predicted molar refractivity (Wildman–Crippen MR) is 83.2 cm³/mol. The van der Waals surface area contributed by atoms with Gasteiger partial charge in [0, 0.05) is 25.6 Å². The second-order valence-electron chi connectivity index (χ2n) is 7.24. The maximum absolute atomic E-state index is 12.7. The van der Waals surface area contributed by atoms with Gasteiger partial charge in [-0.15, -0.1) is 0 Å². The van der Waals surface area contributed by atoms with Crippen LogP contribution in [0, 0.1) is 5.41 Å². The summed E-state index contributed by atoms with van der Waals surface area (Å²) in [6.45, 7) is 5.30. The molecule has 0 spiro atoms. The Kier molecular flexibility index (Phi) is 6.65. The van der Waals surface area contributed by atoms with Gasteiger partial charge >= 0.3 is 5.97 Å². The molecule has 0 aliphatic heterocycles. The van der Waals surface area contributed by atoms with Crippen molar-refractivity contribution in [1.29, 1.82) is 0 Å². The highest BCUT2D eigenvalue weighted by Crippen LogP contribution is 2.29. The summed E-state index contributed by atoms with van der Waals surface area (Å²) in [5, 5.41) is 8.96. The van der Waals surface area contributed by atoms with Crippen molar-refractivity contribution in [2.24, 2.45) is 5.41 Å². The Morgan fingerprint density at radius 3 is 2.14 bits per heavy atom. The molecule has 0 radical (unpaired) electrons. The number of amides is 1. The highest BCUT2D eigenvalue weighted by atomic mass is 16.4. The van der Waals surface area contributed by atoms with E-state index >= 15 is 0 Å². The van der Waals surface area contributed by atoms with Crippen molar-refractivity contribution >= 4 is 11.9 Å². The van der Waals surface area contributed by atoms with Gasteiger partial charge in [0.05, 0.1) is 6.42 Å². The van der Waals surface area contributed by atoms with Crippen LogP contribution >= 0.6 is 0 Å². The third-order valence-electron chi connectivity index (χ3n) is 4.13. The Balaban J connectivity index is 2.67. The Morgan fingerprint density at radius 1 is 1.10 bits per heavy atom. The highest BCUT2D eigenvalue weighted by Gasteiger charge is 2.31. The minimum absolute atomic E-state index is 0.0327. The molecule has 1 aliphatic rings. The van der Waals surface area contributed by atoms with Crippen LogP contribution in [-0.2, 0) is 9.59 Å². The first-order chi connectivity index (χ1) is 9.71. The third kappa shape index (κ3) is 6.46. The Labute approximate surface area is 128 Å². The average molecular weight is 298 g/mol. The highest BCUT2D eigenvalue weighted by molar-refractivity contribution is 5.78. The van der Waals surface area contributed by atoms with Crippen LogP contribution in [0.15, 0.2) is 0 Å². The van der Waals surface area contributed by atoms with Crippen molar-refractivity contribution in [1.82, 2.24) is 9.80 Å². The van der Waals surface area contributed by atoms with E-state index in [9.17, 15) is 9.59 Å². The number of hydrogen-bond acceptors (Lipinski definition) is 3. The lowest BCUT2D eigenvalue weighted by atomic mass is 9.85. The second kappa shape index (κ2) is 7.78. The Bertz CT molecular complexity index is 361. The molecule has 0 bridgehead atoms. The van der Waals surface area contributed by atoms with Crippen molar-refractivity contribution in [2.45, 2.75) is 58.4 Å². The van der Waals surface area contributed by atoms with Crippen molar-refractivity contribution in [3.8, 4) is 0 Å². The van der Waals surface area contributed by atoms with Gasteiger partial charge in [-0.05, 0) is 32.4 Å². The fourth-order valence-electron chi connectivity index (χ4n) is 3.02. The molecule has 21 heavy (non-hydrogen) atoms. The van der Waals surface area contributed by atoms with Crippen molar-refractivity contribution in [2.75, 3.05) is 27.2 Å². The zero-order valence-corrected chi connectivity index (χ0v) is 13.9. The topological polar surface area (TPSA) is 60.9 Å². The summed E-state index contributed by atoms with van der Waals surface area (Å²) < 4.78 is 0. The van der Waals surface area contributed by atoms with Gasteiger partial charge in [0.2, 0.25) is 5.91 Å². The van der Waals surface area contributed by atoms with Crippen LogP contribution in [0.4, 0.5) is 0 Å². The fraction of sp³-hybridized carbons (Fsp3) is 0.875. The number of rotatable bonds is 8. The summed E-state index contributed by atoms with van der Waals surface area (Å²) in [7, 11) is 4.01. The number of carbonyl (C=O) groups is 2. The SMILES string of the molecule is CN(C)CCN(C(=O)CC(C)(C)CC(=O)O)C1CCCC1. The second-order valence-corrected chi connectivity index (χ2v) is 7.24. The number of carboxylic acids is 1. The van der Waals surface area contributed by atoms with Gasteiger partial charge in [0.15, 0.2) is 0 Å². The minimum Gasteiger partial charge on any atom is -0.481 e. The largest absolute Gasteiger partial charge is 0.481 e. The zero-order chi connectivity index (χ0) is 16.0. The summed E-state index contributed by atoms with van der Waals surface area (Å²) in [4.78, 5) is 27.6. The molecule has 0 aromatic heterocycles. The molecule has 1 fully saturated rings. The molecule has 0 aromatic carbocycles. The molecular formula is C16H30N2O3. The summed E-state index contributed by atoms with van der Waals surface area (Å²) in [6, 6.07) is 0.345. The van der Waals surface area contributed by atoms with E-state index in [0.29, 0.717) is 12.5 Å². The summed E-state index contributed by atoms with van der Waals surface area (Å²) in [5.41, 5.74) is -0.488. The van der Waals surface area contributed by atoms with E-state index in [2.05, 4.69) is 4.90 Å². The van der Waals surface area contributed by atoms with E-state index in [1.807, 2.05) is 32.8 Å². The quantitative estimate of drug-likeness (QED) is 0.746. The molecule has 1 amide bonds. The number of nitrogens with zero attached hydrogens (tertiary/aromatic N) is 2. The van der Waals surface area contributed by atoms with Crippen LogP contribution < -0.4 is 0 Å². The molecule has 0 atom stereocenters. The summed E-state index contributed by atoms with van der Waals surface area (Å²) >= 11 is 0. The first kappa shape index (κ1) is 18.0. The van der Waals surface area contributed by atoms with Crippen molar-refractivity contribution < 1.29 is 14.7 Å². The zero-order valence-electron chi connectivity index (χ0n) is 13.9. The monoisotopic (exact) mass is 298 g/mol. The Hall–Kier alpha value is -1.10. The molecule has 0 heterocycles. The minimum atomic E-state index is -0.839. The molecule has 122 valence electrons. The smallest absolute Gasteiger partial charge is 0.303 e. The average Bonchev–Trinajstić information content (AvgIpc) is 2.79. The van der Waals surface area contributed by atoms with Gasteiger partial charge in [0.25, 0.3) is 0 Å². The van der Waals surface area contributed by atoms with Gasteiger partial charge in [-0.1, -0.05) is 26.7 Å². The van der Waals surface area contributed by atoms with Crippen LogP contribution in [0.1, 0.15) is 52.4 Å². The van der Waals surface area contributed by atoms with E-state index < -0.39 is 11.4 Å². The molecule has 1 N–H and O–H groups in total. The normalized spacial score (nSPS) is 16.4. The lowest BCUT2D eigenvalue weighted by Crippen LogP contribution is -2.44. The molecule has 0 aromatic rings. The van der Waals surface area contributed by atoms with Crippen LogP contribution in [-0.4, -0.2) is 60.0 Å². The molecular weight excluding hydrogens is 268 g/mol. The molecule has 0 unspecified atom stereocenters. The predicted octanol–water partition coefficient (Wildman–Crippen LogP) is 2.21. The van der Waals surface area contributed by atoms with Crippen molar-refractivity contribution in [3.63, 3.8) is 0 Å². The molecule has 1 saturated carbocycles. The standard InChI is InChI=1S/C16H30N2O3/c1-16(2,12-15(20)21)11-14(19)18(10-9-17(3)4)13-7-5-6-8-13/h13H,5-12H2,1-4H3,(H,20,21). The molecule has 1 aliphatic carbocycles. The number of likely N-dealkylation sites (N-methyl/N-ethyl adjacent to an activating group) is 1. The Morgan fingerprint density at radius 2 is 1.67 bits per heavy atom. The van der Waals surface area contributed by atoms with E-state index in [1.54, 1.807) is 0 Å². The van der Waals surface area contributed by atoms with Crippen LogP contribution in [0.25, 0.3) is 0 Å². The van der Waals surface area contributed by atoms with E-state index in [4.69, 9.17) is 5.11 Å². The van der Waals surface area contributed by atoms with E-state index in [-0.39, 0.29) is 12.3 Å². The lowest BCUT2D eigenvalue weighted by Gasteiger charge is -2.33. The van der Waals surface area contributed by atoms with Gasteiger partial charge in [-0.2, -0.15) is 0 Å². The van der Waals surface area contributed by atoms with Crippen molar-refractivity contribution in [3.05, 3.63) is 0 Å². The molecule has 0 saturated heterocycles. The fourth-order valence-corrected chi connectivity index (χ4v) is 3.02. The van der Waals surface area contributed by atoms with Gasteiger partial charge < -0.3 is 14.9 Å². The number of aliphatic carboxylic acids is 1. The third-order valence-corrected chi connectivity index (χ3v) is 4.13. The summed E-state index contributed by atoms with van der Waals surface area (Å²) in [6.07, 6.45) is 4.88. The van der Waals surface area contributed by atoms with E-state index in [1.165, 1.54) is 12.8 Å². The first-order valence-electron chi connectivity index (χ1n) is 7.87.